The van der Waals surface area contributed by atoms with Crippen molar-refractivity contribution in [2.24, 2.45) is 11.5 Å². The van der Waals surface area contributed by atoms with Gasteiger partial charge >= 0.3 is 0 Å². The number of nitrogens with two attached hydrogens (primary N) is 2. The molecule has 0 aliphatic heterocycles. The zero-order chi connectivity index (χ0) is 30.4. The molecule has 0 bridgehead atoms. The predicted octanol–water partition coefficient (Wildman–Crippen LogP) is 8.50. The second-order valence-electron chi connectivity index (χ2n) is 12.8. The molecular formula is C40H53BrN4. The Morgan fingerprint density at radius 1 is 0.400 bits per heavy atom. The Balaban J connectivity index is 0.000000200. The average Bonchev–Trinajstić information content (AvgIpc) is 3.07. The van der Waals surface area contributed by atoms with Crippen molar-refractivity contribution in [3.63, 3.8) is 0 Å². The maximum absolute atomic E-state index is 6.45. The van der Waals surface area contributed by atoms with Crippen LogP contribution in [0.3, 0.4) is 0 Å². The second kappa shape index (κ2) is 19.0. The molecule has 2 aliphatic rings. The fourth-order valence-electron chi connectivity index (χ4n) is 7.04. The minimum atomic E-state index is 0. The summed E-state index contributed by atoms with van der Waals surface area (Å²) in [5.41, 5.74) is 18.4. The molecule has 45 heavy (non-hydrogen) atoms. The third kappa shape index (κ3) is 11.2. The first kappa shape index (κ1) is 35.1. The van der Waals surface area contributed by atoms with E-state index in [0.29, 0.717) is 24.2 Å². The average molecular weight is 670 g/mol. The molecule has 4 atom stereocenters. The van der Waals surface area contributed by atoms with Gasteiger partial charge in [0.1, 0.15) is 0 Å². The van der Waals surface area contributed by atoms with Crippen molar-refractivity contribution in [2.75, 3.05) is 0 Å². The van der Waals surface area contributed by atoms with E-state index in [9.17, 15) is 0 Å². The highest BCUT2D eigenvalue weighted by Gasteiger charge is 2.29. The SMILES string of the molecule is Br.N[C@H]1CCCC[C@@H]1N(Cc1ccccc1)Cc1ccccc1.N[C@H]1CCCC[C@@H]1N(Cc1ccccc1)Cc1ccccc1. The van der Waals surface area contributed by atoms with Crippen molar-refractivity contribution >= 4 is 17.0 Å². The van der Waals surface area contributed by atoms with Gasteiger partial charge in [-0.3, -0.25) is 9.80 Å². The van der Waals surface area contributed by atoms with E-state index in [1.54, 1.807) is 0 Å². The van der Waals surface area contributed by atoms with E-state index in [1.165, 1.54) is 60.8 Å². The van der Waals surface area contributed by atoms with Gasteiger partial charge in [0.15, 0.2) is 0 Å². The van der Waals surface area contributed by atoms with Gasteiger partial charge in [0.05, 0.1) is 0 Å². The normalized spacial score (nSPS) is 21.4. The standard InChI is InChI=1S/2C20H26N2.BrH/c2*21-19-13-7-8-14-20(19)22(15-17-9-3-1-4-10-17)16-18-11-5-2-6-12-18;/h2*1-6,9-12,19-20H,7-8,13-16,21H2;1H/t2*19-,20-;/m00./s1. The molecule has 0 saturated heterocycles. The molecule has 0 radical (unpaired) electrons. The van der Waals surface area contributed by atoms with Gasteiger partial charge < -0.3 is 11.5 Å². The summed E-state index contributed by atoms with van der Waals surface area (Å²) in [5.74, 6) is 0. The molecule has 0 spiro atoms. The highest BCUT2D eigenvalue weighted by atomic mass is 79.9. The van der Waals surface area contributed by atoms with E-state index >= 15 is 0 Å². The molecule has 6 rings (SSSR count). The maximum atomic E-state index is 6.45. The molecule has 2 fully saturated rings. The highest BCUT2D eigenvalue weighted by Crippen LogP contribution is 2.26. The van der Waals surface area contributed by atoms with Crippen molar-refractivity contribution in [2.45, 2.75) is 102 Å². The number of hydrogen-bond donors (Lipinski definition) is 2. The molecule has 4 aromatic rings. The fourth-order valence-corrected chi connectivity index (χ4v) is 7.04. The van der Waals surface area contributed by atoms with Gasteiger partial charge in [0, 0.05) is 50.3 Å². The van der Waals surface area contributed by atoms with Gasteiger partial charge in [-0.1, -0.05) is 147 Å². The number of benzene rings is 4. The first-order valence-electron chi connectivity index (χ1n) is 16.8. The number of nitrogens with zero attached hydrogens (tertiary/aromatic N) is 2. The molecule has 0 aromatic heterocycles. The van der Waals surface area contributed by atoms with Gasteiger partial charge in [0.25, 0.3) is 0 Å². The Hall–Kier alpha value is -2.80. The van der Waals surface area contributed by atoms with Crippen molar-refractivity contribution < 1.29 is 0 Å². The molecule has 4 N–H and O–H groups in total. The van der Waals surface area contributed by atoms with E-state index in [2.05, 4.69) is 131 Å². The minimum absolute atomic E-state index is 0. The Kier molecular flexibility index (Phi) is 14.8. The van der Waals surface area contributed by atoms with Crippen LogP contribution >= 0.6 is 17.0 Å². The van der Waals surface area contributed by atoms with E-state index in [-0.39, 0.29) is 17.0 Å². The lowest BCUT2D eigenvalue weighted by Crippen LogP contribution is -2.48. The van der Waals surface area contributed by atoms with Crippen molar-refractivity contribution in [3.8, 4) is 0 Å². The summed E-state index contributed by atoms with van der Waals surface area (Å²) < 4.78 is 0. The van der Waals surface area contributed by atoms with E-state index in [1.807, 2.05) is 0 Å². The van der Waals surface area contributed by atoms with E-state index in [4.69, 9.17) is 11.5 Å². The molecule has 4 aromatic carbocycles. The molecule has 240 valence electrons. The highest BCUT2D eigenvalue weighted by molar-refractivity contribution is 8.93. The zero-order valence-electron chi connectivity index (χ0n) is 26.8. The number of rotatable bonds is 10. The van der Waals surface area contributed by atoms with Crippen LogP contribution < -0.4 is 11.5 Å². The van der Waals surface area contributed by atoms with Gasteiger partial charge in [-0.15, -0.1) is 17.0 Å². The monoisotopic (exact) mass is 668 g/mol. The second-order valence-corrected chi connectivity index (χ2v) is 12.8. The lowest BCUT2D eigenvalue weighted by atomic mass is 9.89. The van der Waals surface area contributed by atoms with Crippen LogP contribution in [0.25, 0.3) is 0 Å². The van der Waals surface area contributed by atoms with Crippen LogP contribution in [0.4, 0.5) is 0 Å². The van der Waals surface area contributed by atoms with Crippen molar-refractivity contribution in [3.05, 3.63) is 144 Å². The summed E-state index contributed by atoms with van der Waals surface area (Å²) in [6, 6.07) is 44.6. The van der Waals surface area contributed by atoms with Crippen LogP contribution in [0, 0.1) is 0 Å². The smallest absolute Gasteiger partial charge is 0.0254 e. The molecule has 2 saturated carbocycles. The van der Waals surface area contributed by atoms with E-state index < -0.39 is 0 Å². The molecule has 4 nitrogen and oxygen atoms in total. The zero-order valence-corrected chi connectivity index (χ0v) is 28.5. The molecule has 0 amide bonds. The quantitative estimate of drug-likeness (QED) is 0.178. The lowest BCUT2D eigenvalue weighted by Gasteiger charge is -2.38. The summed E-state index contributed by atoms with van der Waals surface area (Å²) >= 11 is 0. The Morgan fingerprint density at radius 2 is 0.644 bits per heavy atom. The summed E-state index contributed by atoms with van der Waals surface area (Å²) in [6.07, 6.45) is 9.93. The van der Waals surface area contributed by atoms with Crippen LogP contribution in [0.15, 0.2) is 121 Å². The third-order valence-corrected chi connectivity index (χ3v) is 9.42. The summed E-state index contributed by atoms with van der Waals surface area (Å²) in [5, 5.41) is 0. The number of hydrogen-bond acceptors (Lipinski definition) is 4. The van der Waals surface area contributed by atoms with Crippen molar-refractivity contribution in [1.82, 2.24) is 9.80 Å². The first-order valence-corrected chi connectivity index (χ1v) is 16.8. The summed E-state index contributed by atoms with van der Waals surface area (Å²) in [6.45, 7) is 3.92. The number of halogens is 1. The maximum Gasteiger partial charge on any atom is 0.0254 e. The fraction of sp³-hybridized carbons (Fsp3) is 0.400. The van der Waals surface area contributed by atoms with Crippen LogP contribution in [0.2, 0.25) is 0 Å². The predicted molar refractivity (Wildman–Crippen MR) is 195 cm³/mol. The Morgan fingerprint density at radius 3 is 0.889 bits per heavy atom. The molecular weight excluding hydrogens is 616 g/mol. The Labute approximate surface area is 282 Å². The molecule has 0 unspecified atom stereocenters. The lowest BCUT2D eigenvalue weighted by molar-refractivity contribution is 0.122. The third-order valence-electron chi connectivity index (χ3n) is 9.42. The topological polar surface area (TPSA) is 58.5 Å². The van der Waals surface area contributed by atoms with Gasteiger partial charge in [0.2, 0.25) is 0 Å². The van der Waals surface area contributed by atoms with Crippen LogP contribution in [-0.4, -0.2) is 34.0 Å². The summed E-state index contributed by atoms with van der Waals surface area (Å²) in [7, 11) is 0. The summed E-state index contributed by atoms with van der Waals surface area (Å²) in [4.78, 5) is 5.16. The van der Waals surface area contributed by atoms with Crippen LogP contribution in [-0.2, 0) is 26.2 Å². The van der Waals surface area contributed by atoms with Gasteiger partial charge in [-0.05, 0) is 47.9 Å². The first-order chi connectivity index (χ1) is 21.7. The minimum Gasteiger partial charge on any atom is -0.326 e. The largest absolute Gasteiger partial charge is 0.326 e. The molecule has 0 heterocycles. The molecule has 5 heteroatoms. The van der Waals surface area contributed by atoms with Crippen molar-refractivity contribution in [1.29, 1.82) is 0 Å². The van der Waals surface area contributed by atoms with Crippen LogP contribution in [0.1, 0.15) is 73.6 Å². The van der Waals surface area contributed by atoms with Gasteiger partial charge in [-0.2, -0.15) is 0 Å². The van der Waals surface area contributed by atoms with Crippen LogP contribution in [0.5, 0.6) is 0 Å². The Bertz CT molecular complexity index is 1130. The van der Waals surface area contributed by atoms with E-state index in [0.717, 1.165) is 39.0 Å². The van der Waals surface area contributed by atoms with Gasteiger partial charge in [-0.25, -0.2) is 0 Å². The molecule has 2 aliphatic carbocycles.